The lowest BCUT2D eigenvalue weighted by atomic mass is 9.93. The summed E-state index contributed by atoms with van der Waals surface area (Å²) in [6.07, 6.45) is 1.01. The molecule has 1 saturated heterocycles. The number of benzene rings is 1. The molecule has 1 aliphatic rings. The molecule has 3 heteroatoms. The first-order valence-electron chi connectivity index (χ1n) is 6.92. The fourth-order valence-electron chi connectivity index (χ4n) is 3.04. The fraction of sp³-hybridized carbons (Fsp3) is 0.625. The minimum atomic E-state index is -0.154. The summed E-state index contributed by atoms with van der Waals surface area (Å²) >= 11 is 6.26. The first-order valence-corrected chi connectivity index (χ1v) is 7.30. The summed E-state index contributed by atoms with van der Waals surface area (Å²) in [5, 5.41) is 4.49. The normalized spacial score (nSPS) is 26.3. The van der Waals surface area contributed by atoms with Crippen LogP contribution < -0.4 is 5.32 Å². The van der Waals surface area contributed by atoms with Crippen LogP contribution in [0.5, 0.6) is 0 Å². The zero-order chi connectivity index (χ0) is 14.3. The number of halogens is 1. The molecule has 19 heavy (non-hydrogen) atoms. The van der Waals surface area contributed by atoms with Crippen molar-refractivity contribution in [3.8, 4) is 0 Å². The minimum Gasteiger partial charge on any atom is -0.368 e. The highest BCUT2D eigenvalue weighted by Crippen LogP contribution is 2.38. The quantitative estimate of drug-likeness (QED) is 0.890. The van der Waals surface area contributed by atoms with Crippen LogP contribution in [0.25, 0.3) is 0 Å². The third kappa shape index (κ3) is 3.31. The molecular formula is C16H24ClNO. The Labute approximate surface area is 121 Å². The first kappa shape index (κ1) is 14.8. The fourth-order valence-corrected chi connectivity index (χ4v) is 3.34. The maximum Gasteiger partial charge on any atom is 0.0787 e. The number of nitrogens with one attached hydrogen (secondary N) is 1. The van der Waals surface area contributed by atoms with Crippen LogP contribution in [0.4, 0.5) is 0 Å². The molecule has 2 rings (SSSR count). The second kappa shape index (κ2) is 5.08. The molecule has 2 nitrogen and oxygen atoms in total. The van der Waals surface area contributed by atoms with Crippen molar-refractivity contribution >= 4 is 11.6 Å². The lowest BCUT2D eigenvalue weighted by molar-refractivity contribution is -0.0703. The molecule has 0 spiro atoms. The van der Waals surface area contributed by atoms with Gasteiger partial charge in [0.25, 0.3) is 0 Å². The third-order valence-electron chi connectivity index (χ3n) is 3.90. The molecule has 106 valence electrons. The Balaban J connectivity index is 2.12. The molecule has 1 aromatic rings. The van der Waals surface area contributed by atoms with Crippen LogP contribution in [0.1, 0.15) is 52.6 Å². The summed E-state index contributed by atoms with van der Waals surface area (Å²) in [5.41, 5.74) is 0.921. The smallest absolute Gasteiger partial charge is 0.0787 e. The Hall–Kier alpha value is -0.570. The molecule has 0 aliphatic carbocycles. The van der Waals surface area contributed by atoms with Gasteiger partial charge in [0.15, 0.2) is 0 Å². The standard InChI is InChI=1S/C16H24ClNO/c1-11(12-8-6-7-9-13(12)17)18-14-10-15(2,3)19-16(14,4)5/h6-9,11,14,18H,10H2,1-5H3. The Morgan fingerprint density at radius 1 is 1.26 bits per heavy atom. The van der Waals surface area contributed by atoms with Gasteiger partial charge in [-0.3, -0.25) is 0 Å². The van der Waals surface area contributed by atoms with Gasteiger partial charge in [-0.25, -0.2) is 0 Å². The van der Waals surface area contributed by atoms with Crippen LogP contribution in [0.15, 0.2) is 24.3 Å². The van der Waals surface area contributed by atoms with Gasteiger partial charge in [0, 0.05) is 17.1 Å². The molecule has 1 aromatic carbocycles. The first-order chi connectivity index (χ1) is 8.71. The summed E-state index contributed by atoms with van der Waals surface area (Å²) in [6.45, 7) is 10.8. The molecule has 1 N–H and O–H groups in total. The van der Waals surface area contributed by atoms with Gasteiger partial charge in [0.05, 0.1) is 11.2 Å². The average Bonchev–Trinajstić information content (AvgIpc) is 2.47. The zero-order valence-corrected chi connectivity index (χ0v) is 13.2. The molecular weight excluding hydrogens is 258 g/mol. The van der Waals surface area contributed by atoms with Crippen LogP contribution in [-0.2, 0) is 4.74 Å². The van der Waals surface area contributed by atoms with E-state index in [-0.39, 0.29) is 17.2 Å². The summed E-state index contributed by atoms with van der Waals surface area (Å²) in [7, 11) is 0. The molecule has 0 saturated carbocycles. The number of ether oxygens (including phenoxy) is 1. The number of hydrogen-bond donors (Lipinski definition) is 1. The van der Waals surface area contributed by atoms with Crippen molar-refractivity contribution < 1.29 is 4.74 Å². The van der Waals surface area contributed by atoms with E-state index < -0.39 is 0 Å². The summed E-state index contributed by atoms with van der Waals surface area (Å²) in [5.74, 6) is 0. The van der Waals surface area contributed by atoms with Crippen molar-refractivity contribution in [1.29, 1.82) is 0 Å². The van der Waals surface area contributed by atoms with Crippen molar-refractivity contribution in [2.75, 3.05) is 0 Å². The molecule has 1 fully saturated rings. The molecule has 2 atom stereocenters. The largest absolute Gasteiger partial charge is 0.368 e. The van der Waals surface area contributed by atoms with Gasteiger partial charge >= 0.3 is 0 Å². The highest BCUT2D eigenvalue weighted by atomic mass is 35.5. The van der Waals surface area contributed by atoms with Crippen molar-refractivity contribution in [2.45, 2.75) is 64.3 Å². The Kier molecular flexibility index (Phi) is 3.97. The van der Waals surface area contributed by atoms with Crippen molar-refractivity contribution in [1.82, 2.24) is 5.32 Å². The number of rotatable bonds is 3. The SMILES string of the molecule is CC(NC1CC(C)(C)OC1(C)C)c1ccccc1Cl. The van der Waals surface area contributed by atoms with Gasteiger partial charge in [-0.05, 0) is 52.7 Å². The Morgan fingerprint density at radius 3 is 2.42 bits per heavy atom. The molecule has 1 heterocycles. The summed E-state index contributed by atoms with van der Waals surface area (Å²) < 4.78 is 6.12. The monoisotopic (exact) mass is 281 g/mol. The van der Waals surface area contributed by atoms with Gasteiger partial charge in [-0.15, -0.1) is 0 Å². The molecule has 0 aromatic heterocycles. The highest BCUT2D eigenvalue weighted by molar-refractivity contribution is 6.31. The zero-order valence-electron chi connectivity index (χ0n) is 12.5. The maximum atomic E-state index is 6.26. The van der Waals surface area contributed by atoms with E-state index in [4.69, 9.17) is 16.3 Å². The van der Waals surface area contributed by atoms with Crippen molar-refractivity contribution in [3.05, 3.63) is 34.9 Å². The molecule has 0 bridgehead atoms. The minimum absolute atomic E-state index is 0.0681. The van der Waals surface area contributed by atoms with Crippen LogP contribution in [0.2, 0.25) is 5.02 Å². The predicted molar refractivity (Wildman–Crippen MR) is 80.7 cm³/mol. The van der Waals surface area contributed by atoms with Gasteiger partial charge in [-0.2, -0.15) is 0 Å². The van der Waals surface area contributed by atoms with E-state index in [9.17, 15) is 0 Å². The van der Waals surface area contributed by atoms with Gasteiger partial charge in [0.2, 0.25) is 0 Å². The van der Waals surface area contributed by atoms with Crippen molar-refractivity contribution in [3.63, 3.8) is 0 Å². The molecule has 0 radical (unpaired) electrons. The summed E-state index contributed by atoms with van der Waals surface area (Å²) in [6, 6.07) is 8.55. The molecule has 0 amide bonds. The second-order valence-electron chi connectivity index (χ2n) is 6.63. The molecule has 1 aliphatic heterocycles. The summed E-state index contributed by atoms with van der Waals surface area (Å²) in [4.78, 5) is 0. The van der Waals surface area contributed by atoms with E-state index in [1.54, 1.807) is 0 Å². The third-order valence-corrected chi connectivity index (χ3v) is 4.24. The van der Waals surface area contributed by atoms with Gasteiger partial charge in [0.1, 0.15) is 0 Å². The van der Waals surface area contributed by atoms with Crippen LogP contribution in [0.3, 0.4) is 0 Å². The van der Waals surface area contributed by atoms with Crippen LogP contribution in [0, 0.1) is 0 Å². The topological polar surface area (TPSA) is 21.3 Å². The van der Waals surface area contributed by atoms with Crippen molar-refractivity contribution in [2.24, 2.45) is 0 Å². The van der Waals surface area contributed by atoms with Gasteiger partial charge < -0.3 is 10.1 Å². The molecule has 2 unspecified atom stereocenters. The van der Waals surface area contributed by atoms with E-state index in [1.165, 1.54) is 0 Å². The van der Waals surface area contributed by atoms with E-state index in [1.807, 2.05) is 18.2 Å². The highest BCUT2D eigenvalue weighted by Gasteiger charge is 2.46. The van der Waals surface area contributed by atoms with Crippen LogP contribution >= 0.6 is 11.6 Å². The van der Waals surface area contributed by atoms with E-state index in [0.717, 1.165) is 17.0 Å². The van der Waals surface area contributed by atoms with Gasteiger partial charge in [-0.1, -0.05) is 29.8 Å². The van der Waals surface area contributed by atoms with E-state index >= 15 is 0 Å². The predicted octanol–water partition coefficient (Wildman–Crippen LogP) is 4.34. The number of hydrogen-bond acceptors (Lipinski definition) is 2. The lowest BCUT2D eigenvalue weighted by Gasteiger charge is -2.30. The van der Waals surface area contributed by atoms with Crippen LogP contribution in [-0.4, -0.2) is 17.2 Å². The lowest BCUT2D eigenvalue weighted by Crippen LogP contribution is -2.44. The average molecular weight is 282 g/mol. The van der Waals surface area contributed by atoms with E-state index in [2.05, 4.69) is 46.0 Å². The second-order valence-corrected chi connectivity index (χ2v) is 7.04. The Bertz CT molecular complexity index is 456. The Morgan fingerprint density at radius 2 is 1.89 bits per heavy atom. The maximum absolute atomic E-state index is 6.26. The van der Waals surface area contributed by atoms with E-state index in [0.29, 0.717) is 6.04 Å².